The van der Waals surface area contributed by atoms with Crippen molar-refractivity contribution in [3.63, 3.8) is 0 Å². The van der Waals surface area contributed by atoms with Crippen LogP contribution in [0.2, 0.25) is 0 Å². The molecule has 2 aliphatic rings. The second-order valence-electron chi connectivity index (χ2n) is 7.89. The molecule has 2 aromatic rings. The fourth-order valence-corrected chi connectivity index (χ4v) is 4.41. The Morgan fingerprint density at radius 2 is 1.62 bits per heavy atom. The van der Waals surface area contributed by atoms with Crippen molar-refractivity contribution in [3.8, 4) is 0 Å². The predicted octanol–water partition coefficient (Wildman–Crippen LogP) is 4.08. The molecule has 0 radical (unpaired) electrons. The molecule has 5 nitrogen and oxygen atoms in total. The summed E-state index contributed by atoms with van der Waals surface area (Å²) in [6.07, 6.45) is 4.07. The number of carbonyl (C=O) groups is 2. The van der Waals surface area contributed by atoms with Crippen molar-refractivity contribution in [3.05, 3.63) is 54.6 Å². The average Bonchev–Trinajstić information content (AvgIpc) is 3.17. The number of amides is 2. The molecule has 0 saturated carbocycles. The van der Waals surface area contributed by atoms with E-state index in [1.54, 1.807) is 9.80 Å². The summed E-state index contributed by atoms with van der Waals surface area (Å²) in [6, 6.07) is 17.9. The van der Waals surface area contributed by atoms with Crippen LogP contribution in [-0.2, 0) is 9.59 Å². The third kappa shape index (κ3) is 4.14. The molecular formula is C24H29N3O2. The highest BCUT2D eigenvalue weighted by molar-refractivity contribution is 6.04. The molecule has 29 heavy (non-hydrogen) atoms. The summed E-state index contributed by atoms with van der Waals surface area (Å²) in [4.78, 5) is 31.7. The van der Waals surface area contributed by atoms with Crippen LogP contribution >= 0.6 is 0 Å². The van der Waals surface area contributed by atoms with Crippen LogP contribution in [-0.4, -0.2) is 38.0 Å². The maximum atomic E-state index is 13.1. The molecule has 4 rings (SSSR count). The molecule has 1 unspecified atom stereocenters. The summed E-state index contributed by atoms with van der Waals surface area (Å²) < 4.78 is 0. The van der Waals surface area contributed by atoms with Gasteiger partial charge in [0.15, 0.2) is 0 Å². The predicted molar refractivity (Wildman–Crippen MR) is 117 cm³/mol. The molecule has 2 amide bonds. The number of hydrogen-bond donors (Lipinski definition) is 0. The van der Waals surface area contributed by atoms with Gasteiger partial charge >= 0.3 is 0 Å². The fourth-order valence-electron chi connectivity index (χ4n) is 4.41. The molecule has 152 valence electrons. The summed E-state index contributed by atoms with van der Waals surface area (Å²) >= 11 is 0. The van der Waals surface area contributed by atoms with Gasteiger partial charge in [-0.25, -0.2) is 0 Å². The van der Waals surface area contributed by atoms with Crippen molar-refractivity contribution in [2.24, 2.45) is 5.92 Å². The van der Waals surface area contributed by atoms with E-state index in [9.17, 15) is 9.59 Å². The number of benzene rings is 2. The summed E-state index contributed by atoms with van der Waals surface area (Å²) in [5, 5.41) is 0. The molecular weight excluding hydrogens is 362 g/mol. The minimum atomic E-state index is -0.301. The molecule has 1 atom stereocenters. The van der Waals surface area contributed by atoms with Gasteiger partial charge in [-0.1, -0.05) is 18.2 Å². The molecule has 2 heterocycles. The van der Waals surface area contributed by atoms with Crippen molar-refractivity contribution < 1.29 is 9.59 Å². The molecule has 2 aromatic carbocycles. The van der Waals surface area contributed by atoms with Gasteiger partial charge in [-0.2, -0.15) is 0 Å². The van der Waals surface area contributed by atoms with E-state index >= 15 is 0 Å². The summed E-state index contributed by atoms with van der Waals surface area (Å²) in [7, 11) is 0. The van der Waals surface area contributed by atoms with Crippen LogP contribution in [0.25, 0.3) is 0 Å². The SMILES string of the molecule is CCN(C(=O)C1CC(=O)N(c2ccc(N3CCCCC3)cc2)C1)c1ccccc1. The zero-order valence-corrected chi connectivity index (χ0v) is 17.1. The maximum absolute atomic E-state index is 13.1. The quantitative estimate of drug-likeness (QED) is 0.771. The van der Waals surface area contributed by atoms with Crippen LogP contribution in [0, 0.1) is 5.92 Å². The highest BCUT2D eigenvalue weighted by Crippen LogP contribution is 2.30. The van der Waals surface area contributed by atoms with E-state index in [-0.39, 0.29) is 24.2 Å². The van der Waals surface area contributed by atoms with E-state index in [0.717, 1.165) is 24.5 Å². The van der Waals surface area contributed by atoms with Gasteiger partial charge in [-0.15, -0.1) is 0 Å². The Labute approximate surface area is 172 Å². The third-order valence-electron chi connectivity index (χ3n) is 6.01. The molecule has 0 bridgehead atoms. The Morgan fingerprint density at radius 1 is 0.966 bits per heavy atom. The Kier molecular flexibility index (Phi) is 5.84. The van der Waals surface area contributed by atoms with Gasteiger partial charge in [0.1, 0.15) is 0 Å². The van der Waals surface area contributed by atoms with Crippen molar-refractivity contribution in [1.29, 1.82) is 0 Å². The first-order valence-electron chi connectivity index (χ1n) is 10.7. The molecule has 5 heteroatoms. The fraction of sp³-hybridized carbons (Fsp3) is 0.417. The summed E-state index contributed by atoms with van der Waals surface area (Å²) in [6.45, 7) is 5.22. The Bertz CT molecular complexity index is 844. The Morgan fingerprint density at radius 3 is 2.28 bits per heavy atom. The summed E-state index contributed by atoms with van der Waals surface area (Å²) in [5.74, 6) is -0.248. The average molecular weight is 392 g/mol. The molecule has 0 spiro atoms. The van der Waals surface area contributed by atoms with Gasteiger partial charge < -0.3 is 14.7 Å². The van der Waals surface area contributed by atoms with E-state index in [2.05, 4.69) is 17.0 Å². The highest BCUT2D eigenvalue weighted by atomic mass is 16.2. The Hall–Kier alpha value is -2.82. The molecule has 0 aromatic heterocycles. The number of para-hydroxylation sites is 1. The Balaban J connectivity index is 1.45. The van der Waals surface area contributed by atoms with Crippen LogP contribution < -0.4 is 14.7 Å². The van der Waals surface area contributed by atoms with E-state index in [4.69, 9.17) is 0 Å². The lowest BCUT2D eigenvalue weighted by Crippen LogP contribution is -2.37. The molecule has 2 fully saturated rings. The number of nitrogens with zero attached hydrogens (tertiary/aromatic N) is 3. The number of anilines is 3. The first-order chi connectivity index (χ1) is 14.2. The van der Waals surface area contributed by atoms with Crippen LogP contribution in [0.15, 0.2) is 54.6 Å². The van der Waals surface area contributed by atoms with Crippen LogP contribution in [0.3, 0.4) is 0 Å². The van der Waals surface area contributed by atoms with Crippen molar-refractivity contribution in [2.75, 3.05) is 40.9 Å². The number of rotatable bonds is 5. The minimum Gasteiger partial charge on any atom is -0.372 e. The standard InChI is InChI=1S/C24H29N3O2/c1-2-26(21-9-5-3-6-10-21)24(29)19-17-23(28)27(18-19)22-13-11-20(12-14-22)25-15-7-4-8-16-25/h3,5-6,9-14,19H,2,4,7-8,15-18H2,1H3. The smallest absolute Gasteiger partial charge is 0.232 e. The van der Waals surface area contributed by atoms with E-state index in [0.29, 0.717) is 13.1 Å². The first-order valence-corrected chi connectivity index (χ1v) is 10.7. The second kappa shape index (κ2) is 8.68. The lowest BCUT2D eigenvalue weighted by atomic mass is 10.1. The van der Waals surface area contributed by atoms with Gasteiger partial charge in [0.25, 0.3) is 0 Å². The lowest BCUT2D eigenvalue weighted by molar-refractivity contribution is -0.124. The monoisotopic (exact) mass is 391 g/mol. The van der Waals surface area contributed by atoms with Gasteiger partial charge in [-0.05, 0) is 62.6 Å². The molecule has 2 aliphatic heterocycles. The normalized spacial score (nSPS) is 19.5. The topological polar surface area (TPSA) is 43.9 Å². The van der Waals surface area contributed by atoms with Gasteiger partial charge in [0.05, 0.1) is 5.92 Å². The van der Waals surface area contributed by atoms with E-state index in [1.807, 2.05) is 49.4 Å². The van der Waals surface area contributed by atoms with Crippen LogP contribution in [0.5, 0.6) is 0 Å². The summed E-state index contributed by atoms with van der Waals surface area (Å²) in [5.41, 5.74) is 2.99. The second-order valence-corrected chi connectivity index (χ2v) is 7.89. The van der Waals surface area contributed by atoms with E-state index < -0.39 is 0 Å². The molecule has 2 saturated heterocycles. The van der Waals surface area contributed by atoms with Crippen LogP contribution in [0.1, 0.15) is 32.6 Å². The number of hydrogen-bond acceptors (Lipinski definition) is 3. The number of piperidine rings is 1. The maximum Gasteiger partial charge on any atom is 0.232 e. The largest absolute Gasteiger partial charge is 0.372 e. The van der Waals surface area contributed by atoms with Gasteiger partial charge in [-0.3, -0.25) is 9.59 Å². The van der Waals surface area contributed by atoms with Crippen molar-refractivity contribution >= 4 is 28.9 Å². The van der Waals surface area contributed by atoms with Crippen molar-refractivity contribution in [2.45, 2.75) is 32.6 Å². The van der Waals surface area contributed by atoms with Gasteiger partial charge in [0, 0.05) is 49.7 Å². The van der Waals surface area contributed by atoms with Gasteiger partial charge in [0.2, 0.25) is 11.8 Å². The highest BCUT2D eigenvalue weighted by Gasteiger charge is 2.37. The number of carbonyl (C=O) groups excluding carboxylic acids is 2. The lowest BCUT2D eigenvalue weighted by Gasteiger charge is -2.29. The van der Waals surface area contributed by atoms with Crippen molar-refractivity contribution in [1.82, 2.24) is 0 Å². The molecule has 0 N–H and O–H groups in total. The zero-order chi connectivity index (χ0) is 20.2. The third-order valence-corrected chi connectivity index (χ3v) is 6.01. The first kappa shape index (κ1) is 19.5. The molecule has 0 aliphatic carbocycles. The van der Waals surface area contributed by atoms with E-state index in [1.165, 1.54) is 24.9 Å². The minimum absolute atomic E-state index is 0.0261. The van der Waals surface area contributed by atoms with Crippen LogP contribution in [0.4, 0.5) is 17.1 Å². The zero-order valence-electron chi connectivity index (χ0n) is 17.1.